The minimum atomic E-state index is -0.138. The first-order valence-corrected chi connectivity index (χ1v) is 13.8. The molecule has 3 aromatic heterocycles. The van der Waals surface area contributed by atoms with Gasteiger partial charge in [0, 0.05) is 10.4 Å². The summed E-state index contributed by atoms with van der Waals surface area (Å²) >= 11 is 14.1. The summed E-state index contributed by atoms with van der Waals surface area (Å²) in [5.74, 6) is 2.29. The fourth-order valence-corrected chi connectivity index (χ4v) is 6.35. The monoisotopic (exact) mass is 554 g/mol. The van der Waals surface area contributed by atoms with Gasteiger partial charge in [0.05, 0.1) is 34.6 Å². The molecule has 192 valence electrons. The van der Waals surface area contributed by atoms with Crippen LogP contribution in [0.3, 0.4) is 0 Å². The number of rotatable bonds is 6. The molecule has 0 saturated carbocycles. The molecule has 5 nitrogen and oxygen atoms in total. The van der Waals surface area contributed by atoms with E-state index < -0.39 is 0 Å². The Balaban J connectivity index is 1.44. The third-order valence-electron chi connectivity index (χ3n) is 6.85. The zero-order valence-electron chi connectivity index (χ0n) is 20.9. The first-order chi connectivity index (χ1) is 17.7. The topological polar surface area (TPSA) is 67.7 Å². The lowest BCUT2D eigenvalue weighted by Gasteiger charge is -2.33. The van der Waals surface area contributed by atoms with Crippen LogP contribution in [-0.2, 0) is 19.4 Å². The molecule has 1 N–H and O–H groups in total. The highest BCUT2D eigenvalue weighted by atomic mass is 35.5. The van der Waals surface area contributed by atoms with E-state index in [0.29, 0.717) is 55.9 Å². The van der Waals surface area contributed by atoms with Gasteiger partial charge in [0.15, 0.2) is 0 Å². The lowest BCUT2D eigenvalue weighted by molar-refractivity contribution is 0.0947. The summed E-state index contributed by atoms with van der Waals surface area (Å²) in [5, 5.41) is 4.60. The van der Waals surface area contributed by atoms with Crippen molar-refractivity contribution in [1.29, 1.82) is 0 Å². The van der Waals surface area contributed by atoms with E-state index >= 15 is 0 Å². The number of hydrogen-bond acceptors (Lipinski definition) is 5. The van der Waals surface area contributed by atoms with E-state index in [1.165, 1.54) is 4.88 Å². The van der Waals surface area contributed by atoms with Gasteiger partial charge >= 0.3 is 0 Å². The van der Waals surface area contributed by atoms with Gasteiger partial charge in [-0.2, -0.15) is 0 Å². The molecule has 3 heterocycles. The quantitative estimate of drug-likeness (QED) is 0.242. The van der Waals surface area contributed by atoms with Crippen molar-refractivity contribution in [3.8, 4) is 11.3 Å². The Hall–Kier alpha value is -2.80. The molecule has 1 atom stereocenters. The molecule has 1 aromatic carbocycles. The molecule has 0 bridgehead atoms. The first-order valence-electron chi connectivity index (χ1n) is 12.2. The van der Waals surface area contributed by atoms with Crippen LogP contribution in [0.5, 0.6) is 0 Å². The smallest absolute Gasteiger partial charge is 0.255 e. The van der Waals surface area contributed by atoms with Gasteiger partial charge in [0.1, 0.15) is 22.3 Å². The van der Waals surface area contributed by atoms with Crippen LogP contribution in [0, 0.1) is 11.3 Å². The highest BCUT2D eigenvalue weighted by Crippen LogP contribution is 2.45. The third-order valence-corrected chi connectivity index (χ3v) is 8.84. The van der Waals surface area contributed by atoms with Crippen molar-refractivity contribution < 1.29 is 13.6 Å². The molecule has 0 spiro atoms. The van der Waals surface area contributed by atoms with Crippen molar-refractivity contribution >= 4 is 51.7 Å². The average Bonchev–Trinajstić information content (AvgIpc) is 3.61. The number of carbonyl (C=O) groups excluding carboxylic acids is 1. The van der Waals surface area contributed by atoms with Crippen molar-refractivity contribution in [3.63, 3.8) is 0 Å². The summed E-state index contributed by atoms with van der Waals surface area (Å²) < 4.78 is 11.4. The predicted octanol–water partition coefficient (Wildman–Crippen LogP) is 8.74. The number of aliphatic imine (C=N–C) groups is 1. The number of fused-ring (bicyclic) bond motifs is 1. The van der Waals surface area contributed by atoms with Crippen molar-refractivity contribution in [2.75, 3.05) is 0 Å². The SMILES string of the molecule is CC(C)(C)[C@H]1CCc2c(sc(N=Cc3ccc(-c4cccc(Cl)c4Cl)o3)c2C(=O)NCc2ccco2)C1. The van der Waals surface area contributed by atoms with Crippen molar-refractivity contribution in [3.05, 3.63) is 86.3 Å². The van der Waals surface area contributed by atoms with E-state index in [2.05, 4.69) is 26.1 Å². The van der Waals surface area contributed by atoms with Gasteiger partial charge in [-0.05, 0) is 72.6 Å². The van der Waals surface area contributed by atoms with E-state index in [0.717, 1.165) is 24.8 Å². The number of nitrogens with zero attached hydrogens (tertiary/aromatic N) is 1. The van der Waals surface area contributed by atoms with Crippen LogP contribution in [0.4, 0.5) is 5.00 Å². The Labute approximate surface area is 230 Å². The Morgan fingerprint density at radius 3 is 2.78 bits per heavy atom. The Kier molecular flexibility index (Phi) is 7.35. The molecule has 1 aliphatic rings. The molecule has 0 unspecified atom stereocenters. The fourth-order valence-electron chi connectivity index (χ4n) is 4.69. The van der Waals surface area contributed by atoms with Gasteiger partial charge in [0.2, 0.25) is 0 Å². The maximum absolute atomic E-state index is 13.4. The minimum Gasteiger partial charge on any atom is -0.467 e. The maximum Gasteiger partial charge on any atom is 0.255 e. The summed E-state index contributed by atoms with van der Waals surface area (Å²) in [4.78, 5) is 19.4. The van der Waals surface area contributed by atoms with E-state index in [9.17, 15) is 4.79 Å². The van der Waals surface area contributed by atoms with E-state index in [4.69, 9.17) is 37.0 Å². The number of furan rings is 2. The Bertz CT molecular complexity index is 1440. The molecular weight excluding hydrogens is 527 g/mol. The van der Waals surface area contributed by atoms with Crippen LogP contribution in [0.2, 0.25) is 10.0 Å². The molecule has 1 aliphatic carbocycles. The van der Waals surface area contributed by atoms with Gasteiger partial charge in [-0.3, -0.25) is 4.79 Å². The molecule has 0 fully saturated rings. The zero-order valence-corrected chi connectivity index (χ0v) is 23.3. The number of halogens is 2. The van der Waals surface area contributed by atoms with Crippen LogP contribution < -0.4 is 5.32 Å². The van der Waals surface area contributed by atoms with E-state index in [1.807, 2.05) is 36.4 Å². The molecule has 0 radical (unpaired) electrons. The zero-order chi connectivity index (χ0) is 26.2. The number of hydrogen-bond donors (Lipinski definition) is 1. The fraction of sp³-hybridized carbons (Fsp3) is 0.310. The Morgan fingerprint density at radius 2 is 2.03 bits per heavy atom. The second kappa shape index (κ2) is 10.5. The van der Waals surface area contributed by atoms with Crippen LogP contribution in [0.1, 0.15) is 59.5 Å². The van der Waals surface area contributed by atoms with E-state index in [1.54, 1.807) is 29.9 Å². The van der Waals surface area contributed by atoms with Crippen molar-refractivity contribution in [2.45, 2.75) is 46.6 Å². The molecular formula is C29H28Cl2N2O3S. The molecule has 37 heavy (non-hydrogen) atoms. The van der Waals surface area contributed by atoms with Crippen LogP contribution in [-0.4, -0.2) is 12.1 Å². The standard InChI is InChI=1S/C29H28Cl2N2O3S/c1-29(2,3)17-9-11-21-24(14-17)37-28(25(21)27(34)32-15-18-6-5-13-35-18)33-16-19-10-12-23(36-19)20-7-4-8-22(30)26(20)31/h4-8,10,12-13,16-17H,9,11,14-15H2,1-3H3,(H,32,34)/t17-/m0/s1. The number of thiophene rings is 1. The molecule has 8 heteroatoms. The second-order valence-corrected chi connectivity index (χ2v) is 12.2. The third kappa shape index (κ3) is 5.57. The summed E-state index contributed by atoms with van der Waals surface area (Å²) in [6, 6.07) is 12.7. The van der Waals surface area contributed by atoms with Crippen molar-refractivity contribution in [1.82, 2.24) is 5.32 Å². The highest BCUT2D eigenvalue weighted by Gasteiger charge is 2.33. The van der Waals surface area contributed by atoms with Gasteiger partial charge in [-0.1, -0.05) is 50.0 Å². The lowest BCUT2D eigenvalue weighted by Crippen LogP contribution is -2.28. The van der Waals surface area contributed by atoms with Crippen LogP contribution in [0.15, 0.2) is 62.6 Å². The van der Waals surface area contributed by atoms with Gasteiger partial charge in [0.25, 0.3) is 5.91 Å². The summed E-state index contributed by atoms with van der Waals surface area (Å²) in [7, 11) is 0. The number of amides is 1. The number of benzene rings is 1. The summed E-state index contributed by atoms with van der Waals surface area (Å²) in [5.41, 5.74) is 2.69. The molecule has 1 amide bonds. The van der Waals surface area contributed by atoms with Crippen LogP contribution in [0.25, 0.3) is 11.3 Å². The van der Waals surface area contributed by atoms with Crippen molar-refractivity contribution in [2.24, 2.45) is 16.3 Å². The number of nitrogens with one attached hydrogen (secondary N) is 1. The average molecular weight is 556 g/mol. The highest BCUT2D eigenvalue weighted by molar-refractivity contribution is 7.16. The molecule has 0 aliphatic heterocycles. The first kappa shape index (κ1) is 25.8. The normalized spacial score (nSPS) is 15.8. The molecule has 4 aromatic rings. The molecule has 5 rings (SSSR count). The van der Waals surface area contributed by atoms with Crippen LogP contribution >= 0.6 is 34.5 Å². The Morgan fingerprint density at radius 1 is 1.19 bits per heavy atom. The number of carbonyl (C=O) groups is 1. The van der Waals surface area contributed by atoms with E-state index in [-0.39, 0.29) is 11.3 Å². The lowest BCUT2D eigenvalue weighted by atomic mass is 9.72. The largest absolute Gasteiger partial charge is 0.467 e. The second-order valence-electron chi connectivity index (χ2n) is 10.3. The van der Waals surface area contributed by atoms with Gasteiger partial charge in [-0.15, -0.1) is 11.3 Å². The summed E-state index contributed by atoms with van der Waals surface area (Å²) in [6.45, 7) is 7.18. The minimum absolute atomic E-state index is 0.138. The van der Waals surface area contributed by atoms with Gasteiger partial charge < -0.3 is 14.2 Å². The summed E-state index contributed by atoms with van der Waals surface area (Å²) in [6.07, 6.45) is 6.13. The maximum atomic E-state index is 13.4. The predicted molar refractivity (Wildman–Crippen MR) is 151 cm³/mol. The van der Waals surface area contributed by atoms with Gasteiger partial charge in [-0.25, -0.2) is 4.99 Å². The molecule has 0 saturated heterocycles.